The van der Waals surface area contributed by atoms with Gasteiger partial charge >= 0.3 is 0 Å². The van der Waals surface area contributed by atoms with Gasteiger partial charge in [0, 0.05) is 39.1 Å². The number of sulfone groups is 1. The second kappa shape index (κ2) is 15.3. The molecule has 51 heavy (non-hydrogen) atoms. The lowest BCUT2D eigenvalue weighted by molar-refractivity contribution is -0.118. The van der Waals surface area contributed by atoms with Crippen LogP contribution in [-0.2, 0) is 35.8 Å². The number of hydrogen-bond donors (Lipinski definition) is 4. The number of aliphatic hydroxyl groups is 2. The molecule has 3 aromatic rings. The summed E-state index contributed by atoms with van der Waals surface area (Å²) < 4.78 is 65.6. The lowest BCUT2D eigenvalue weighted by Gasteiger charge is -2.38. The van der Waals surface area contributed by atoms with Crippen LogP contribution in [0.2, 0.25) is 0 Å². The molecule has 0 radical (unpaired) electrons. The van der Waals surface area contributed by atoms with E-state index in [1.54, 1.807) is 30.3 Å². The number of hydrogen-bond acceptors (Lipinski definition) is 10. The number of benzene rings is 3. The highest BCUT2D eigenvalue weighted by Crippen LogP contribution is 2.46. The fraction of sp³-hybridized carbons (Fsp3) is 0.486. The van der Waals surface area contributed by atoms with Gasteiger partial charge < -0.3 is 30.3 Å². The van der Waals surface area contributed by atoms with E-state index in [1.807, 2.05) is 30.3 Å². The Morgan fingerprint density at radius 2 is 1.67 bits per heavy atom. The van der Waals surface area contributed by atoms with Crippen molar-refractivity contribution in [3.63, 3.8) is 0 Å². The number of sulfonamides is 1. The van der Waals surface area contributed by atoms with Crippen molar-refractivity contribution in [2.45, 2.75) is 77.7 Å². The predicted octanol–water partition coefficient (Wildman–Crippen LogP) is 2.67. The average Bonchev–Trinajstić information content (AvgIpc) is 3.86. The molecule has 2 atom stereocenters. The molecule has 2 saturated heterocycles. The van der Waals surface area contributed by atoms with Crippen molar-refractivity contribution in [3.8, 4) is 16.9 Å². The molecule has 2 aliphatic heterocycles. The fourth-order valence-electron chi connectivity index (χ4n) is 6.88. The van der Waals surface area contributed by atoms with E-state index >= 15 is 0 Å². The van der Waals surface area contributed by atoms with E-state index in [-0.39, 0.29) is 34.9 Å². The van der Waals surface area contributed by atoms with E-state index in [0.717, 1.165) is 16.7 Å². The van der Waals surface area contributed by atoms with Gasteiger partial charge in [-0.15, -0.1) is 0 Å². The first-order chi connectivity index (χ1) is 24.3. The molecule has 1 saturated carbocycles. The Balaban J connectivity index is 0.964. The molecule has 0 aromatic heterocycles. The molecule has 12 nitrogen and oxygen atoms in total. The van der Waals surface area contributed by atoms with Crippen LogP contribution >= 0.6 is 0 Å². The topological polar surface area (TPSA) is 172 Å². The Bertz CT molecular complexity index is 1910. The van der Waals surface area contributed by atoms with Gasteiger partial charge in [0.1, 0.15) is 18.5 Å². The lowest BCUT2D eigenvalue weighted by atomic mass is 9.88. The highest BCUT2D eigenvalue weighted by atomic mass is 32.2. The van der Waals surface area contributed by atoms with Crippen LogP contribution in [0.3, 0.4) is 0 Å². The highest BCUT2D eigenvalue weighted by Gasteiger charge is 2.54. The molecule has 3 fully saturated rings. The third-order valence-electron chi connectivity index (χ3n) is 10.3. The molecule has 1 amide bonds. The number of rotatable bonds is 15. The Labute approximate surface area is 300 Å². The summed E-state index contributed by atoms with van der Waals surface area (Å²) in [4.78, 5) is 11.5. The van der Waals surface area contributed by atoms with Gasteiger partial charge in [-0.1, -0.05) is 42.5 Å². The number of ether oxygens (including phenoxy) is 2. The standard InChI is InChI=1S/C37H47N3O9S2/c1-27(42)38-17-12-28-8-10-29(11-9-28)30-4-2-7-35(20-30)51(46,47)40-18-15-36(16-19-40)22-31(24-49-36)39-23-32(43)25-48-33-5-3-6-34(21-33)50(44,45)37(26-41)13-14-37/h2-11,20-21,31-32,39,41,43H,12-19,22-26H2,1H3,(H,38,42)/t31-,32+/m1/s1. The molecule has 14 heteroatoms. The maximum absolute atomic E-state index is 13.7. The molecule has 3 aliphatic rings. The van der Waals surface area contributed by atoms with Crippen LogP contribution in [0, 0.1) is 0 Å². The highest BCUT2D eigenvalue weighted by molar-refractivity contribution is 7.93. The van der Waals surface area contributed by atoms with Gasteiger partial charge in [0.15, 0.2) is 9.84 Å². The van der Waals surface area contributed by atoms with Crippen molar-refractivity contribution in [2.75, 3.05) is 46.0 Å². The van der Waals surface area contributed by atoms with E-state index in [4.69, 9.17) is 9.47 Å². The third-order valence-corrected chi connectivity index (χ3v) is 14.7. The van der Waals surface area contributed by atoms with E-state index < -0.39 is 42.9 Å². The SMILES string of the molecule is CC(=O)NCCc1ccc(-c2cccc(S(=O)(=O)N3CCC4(CC3)C[C@@H](NC[C@H](O)COc3cccc(S(=O)(=O)C5(CO)CC5)c3)CO4)c2)cc1. The van der Waals surface area contributed by atoms with Crippen molar-refractivity contribution >= 4 is 25.8 Å². The summed E-state index contributed by atoms with van der Waals surface area (Å²) in [5.74, 6) is 0.261. The first kappa shape index (κ1) is 37.4. The number of carbonyl (C=O) groups is 1. The van der Waals surface area contributed by atoms with Gasteiger partial charge in [0.25, 0.3) is 0 Å². The quantitative estimate of drug-likeness (QED) is 0.182. The zero-order valence-corrected chi connectivity index (χ0v) is 30.4. The number of amides is 1. The monoisotopic (exact) mass is 741 g/mol. The van der Waals surface area contributed by atoms with E-state index in [9.17, 15) is 31.8 Å². The van der Waals surface area contributed by atoms with E-state index in [2.05, 4.69) is 10.6 Å². The normalized spacial score (nSPS) is 20.6. The van der Waals surface area contributed by atoms with Gasteiger partial charge in [-0.3, -0.25) is 4.79 Å². The minimum atomic E-state index is -3.72. The molecular formula is C37H47N3O9S2. The molecule has 4 N–H and O–H groups in total. The van der Waals surface area contributed by atoms with Gasteiger partial charge in [0.05, 0.1) is 33.4 Å². The minimum absolute atomic E-state index is 0.0158. The molecule has 276 valence electrons. The third kappa shape index (κ3) is 8.48. The molecule has 6 rings (SSSR count). The summed E-state index contributed by atoms with van der Waals surface area (Å²) in [6.07, 6.45) is 2.53. The van der Waals surface area contributed by atoms with E-state index in [1.165, 1.54) is 23.4 Å². The Hall–Kier alpha value is -3.37. The molecule has 3 aromatic carbocycles. The lowest BCUT2D eigenvalue weighted by Crippen LogP contribution is -2.47. The summed E-state index contributed by atoms with van der Waals surface area (Å²) in [6.45, 7) is 2.96. The zero-order valence-electron chi connectivity index (χ0n) is 28.8. The Kier molecular flexibility index (Phi) is 11.2. The van der Waals surface area contributed by atoms with Crippen molar-refractivity contribution in [3.05, 3.63) is 78.4 Å². The van der Waals surface area contributed by atoms with Crippen LogP contribution in [0.5, 0.6) is 5.75 Å². The molecule has 1 aliphatic carbocycles. The predicted molar refractivity (Wildman–Crippen MR) is 192 cm³/mol. The fourth-order valence-corrected chi connectivity index (χ4v) is 10.2. The number of nitrogens with zero attached hydrogens (tertiary/aromatic N) is 1. The van der Waals surface area contributed by atoms with Gasteiger partial charge in [0.2, 0.25) is 15.9 Å². The maximum Gasteiger partial charge on any atom is 0.243 e. The van der Waals surface area contributed by atoms with Crippen molar-refractivity contribution in [1.82, 2.24) is 14.9 Å². The first-order valence-electron chi connectivity index (χ1n) is 17.4. The number of nitrogens with one attached hydrogen (secondary N) is 2. The summed E-state index contributed by atoms with van der Waals surface area (Å²) in [7, 11) is -7.40. The zero-order chi connectivity index (χ0) is 36.3. The molecule has 2 heterocycles. The summed E-state index contributed by atoms with van der Waals surface area (Å²) in [5.41, 5.74) is 2.36. The van der Waals surface area contributed by atoms with Crippen molar-refractivity contribution < 1.29 is 41.3 Å². The minimum Gasteiger partial charge on any atom is -0.491 e. The van der Waals surface area contributed by atoms with Crippen LogP contribution in [0.4, 0.5) is 0 Å². The maximum atomic E-state index is 13.7. The largest absolute Gasteiger partial charge is 0.491 e. The number of carbonyl (C=O) groups excluding carboxylic acids is 1. The molecule has 0 bridgehead atoms. The second-order valence-corrected chi connectivity index (χ2v) is 18.2. The summed E-state index contributed by atoms with van der Waals surface area (Å²) >= 11 is 0. The smallest absolute Gasteiger partial charge is 0.243 e. The summed E-state index contributed by atoms with van der Waals surface area (Å²) in [6, 6.07) is 21.0. The van der Waals surface area contributed by atoms with Crippen LogP contribution in [0.1, 0.15) is 44.6 Å². The molecular weight excluding hydrogens is 695 g/mol. The Morgan fingerprint density at radius 1 is 0.961 bits per heavy atom. The van der Waals surface area contributed by atoms with Crippen molar-refractivity contribution in [2.24, 2.45) is 0 Å². The van der Waals surface area contributed by atoms with Crippen LogP contribution < -0.4 is 15.4 Å². The van der Waals surface area contributed by atoms with Crippen molar-refractivity contribution in [1.29, 1.82) is 0 Å². The number of piperidine rings is 1. The van der Waals surface area contributed by atoms with Gasteiger partial charge in [-0.05, 0) is 85.5 Å². The second-order valence-electron chi connectivity index (χ2n) is 13.9. The first-order valence-corrected chi connectivity index (χ1v) is 20.3. The average molecular weight is 742 g/mol. The van der Waals surface area contributed by atoms with Gasteiger partial charge in [-0.2, -0.15) is 4.31 Å². The summed E-state index contributed by atoms with van der Waals surface area (Å²) in [5, 5.41) is 26.3. The van der Waals surface area contributed by atoms with Crippen LogP contribution in [0.25, 0.3) is 11.1 Å². The van der Waals surface area contributed by atoms with E-state index in [0.29, 0.717) is 70.5 Å². The van der Waals surface area contributed by atoms with Crippen LogP contribution in [0.15, 0.2) is 82.6 Å². The molecule has 0 unspecified atom stereocenters. The van der Waals surface area contributed by atoms with Crippen LogP contribution in [-0.4, -0.2) is 106 Å². The Morgan fingerprint density at radius 3 is 2.35 bits per heavy atom. The molecule has 1 spiro atoms. The number of aliphatic hydroxyl groups excluding tert-OH is 2. The van der Waals surface area contributed by atoms with Gasteiger partial charge in [-0.25, -0.2) is 16.8 Å².